The van der Waals surface area contributed by atoms with Crippen molar-refractivity contribution in [3.05, 3.63) is 61.2 Å². The number of likely N-dealkylation sites (tertiary alicyclic amines) is 1. The van der Waals surface area contributed by atoms with Crippen molar-refractivity contribution in [3.8, 4) is 0 Å². The minimum absolute atomic E-state index is 0.0675. The third-order valence-electron chi connectivity index (χ3n) is 9.34. The van der Waals surface area contributed by atoms with Crippen molar-refractivity contribution in [2.75, 3.05) is 26.7 Å². The van der Waals surface area contributed by atoms with Gasteiger partial charge in [0.05, 0.1) is 30.1 Å². The zero-order valence-corrected chi connectivity index (χ0v) is 24.8. The summed E-state index contributed by atoms with van der Waals surface area (Å²) in [6.45, 7) is 17.7. The molecule has 1 aromatic carbocycles. The van der Waals surface area contributed by atoms with Gasteiger partial charge in [-0.15, -0.1) is 13.2 Å². The second-order valence-electron chi connectivity index (χ2n) is 12.9. The largest absolute Gasteiger partial charge is 0.394 e. The van der Waals surface area contributed by atoms with Crippen molar-refractivity contribution in [1.82, 2.24) is 14.7 Å². The lowest BCUT2D eigenvalue weighted by molar-refractivity contribution is -0.159. The number of aliphatic hydroxyl groups excluding tert-OH is 1. The van der Waals surface area contributed by atoms with E-state index >= 15 is 0 Å². The number of hydrogen-bond acceptors (Lipinski definition) is 5. The molecule has 7 atom stereocenters. The van der Waals surface area contributed by atoms with Crippen molar-refractivity contribution < 1.29 is 24.2 Å². The molecule has 8 heteroatoms. The Morgan fingerprint density at radius 1 is 1.18 bits per heavy atom. The number of ether oxygens (including phenoxy) is 1. The van der Waals surface area contributed by atoms with Crippen LogP contribution in [0.5, 0.6) is 0 Å². The number of hydrogen-bond donors (Lipinski definition) is 1. The lowest BCUT2D eigenvalue weighted by atomic mass is 9.62. The van der Waals surface area contributed by atoms with E-state index in [0.717, 1.165) is 5.56 Å². The fourth-order valence-corrected chi connectivity index (χ4v) is 7.35. The summed E-state index contributed by atoms with van der Waals surface area (Å²) in [7, 11) is 1.70. The molecular formula is C32H45N3O5. The van der Waals surface area contributed by atoms with E-state index in [1.165, 1.54) is 0 Å². The molecule has 2 bridgehead atoms. The highest BCUT2D eigenvalue weighted by Crippen LogP contribution is 2.66. The minimum Gasteiger partial charge on any atom is -0.394 e. The van der Waals surface area contributed by atoms with Gasteiger partial charge in [-0.3, -0.25) is 14.4 Å². The van der Waals surface area contributed by atoms with Crippen LogP contribution in [0.4, 0.5) is 0 Å². The molecule has 0 aromatic heterocycles. The number of carbonyl (C=O) groups is 3. The molecule has 3 fully saturated rings. The van der Waals surface area contributed by atoms with Gasteiger partial charge in [0.2, 0.25) is 17.7 Å². The average Bonchev–Trinajstić information content (AvgIpc) is 3.41. The molecule has 3 aliphatic heterocycles. The Morgan fingerprint density at radius 3 is 2.35 bits per heavy atom. The molecule has 3 heterocycles. The van der Waals surface area contributed by atoms with Crippen molar-refractivity contribution >= 4 is 17.7 Å². The van der Waals surface area contributed by atoms with Gasteiger partial charge in [0, 0.05) is 25.7 Å². The van der Waals surface area contributed by atoms with E-state index in [4.69, 9.17) is 4.74 Å². The van der Waals surface area contributed by atoms with Gasteiger partial charge in [-0.2, -0.15) is 0 Å². The first-order valence-electron chi connectivity index (χ1n) is 14.2. The number of carbonyl (C=O) groups excluding carboxylic acids is 3. The number of fused-ring (bicyclic) bond motifs is 1. The third-order valence-corrected chi connectivity index (χ3v) is 9.34. The van der Waals surface area contributed by atoms with Gasteiger partial charge < -0.3 is 24.5 Å². The summed E-state index contributed by atoms with van der Waals surface area (Å²) in [4.78, 5) is 48.1. The van der Waals surface area contributed by atoms with Gasteiger partial charge in [-0.1, -0.05) is 49.4 Å². The van der Waals surface area contributed by atoms with Crippen LogP contribution in [0.25, 0.3) is 0 Å². The first-order chi connectivity index (χ1) is 18.8. The molecule has 3 aliphatic rings. The van der Waals surface area contributed by atoms with Crippen LogP contribution in [-0.4, -0.2) is 93.1 Å². The summed E-state index contributed by atoms with van der Waals surface area (Å²) in [6.07, 6.45) is 4.17. The second kappa shape index (κ2) is 10.8. The first-order valence-corrected chi connectivity index (χ1v) is 14.2. The van der Waals surface area contributed by atoms with Crippen LogP contribution in [0.15, 0.2) is 55.6 Å². The van der Waals surface area contributed by atoms with E-state index in [2.05, 4.69) is 13.2 Å². The Kier molecular flexibility index (Phi) is 8.09. The number of aliphatic hydroxyl groups is 1. The van der Waals surface area contributed by atoms with Gasteiger partial charge in [-0.05, 0) is 52.0 Å². The molecule has 1 spiro atoms. The number of rotatable bonds is 10. The highest BCUT2D eigenvalue weighted by atomic mass is 16.5. The van der Waals surface area contributed by atoms with Crippen LogP contribution in [0.2, 0.25) is 0 Å². The van der Waals surface area contributed by atoms with Crippen molar-refractivity contribution in [2.45, 2.75) is 76.3 Å². The van der Waals surface area contributed by atoms with Gasteiger partial charge in [-0.25, -0.2) is 0 Å². The zero-order chi connectivity index (χ0) is 29.6. The Balaban J connectivity index is 1.88. The quantitative estimate of drug-likeness (QED) is 0.452. The molecule has 3 amide bonds. The zero-order valence-electron chi connectivity index (χ0n) is 24.8. The lowest BCUT2D eigenvalue weighted by Gasteiger charge is -2.43. The highest BCUT2D eigenvalue weighted by Gasteiger charge is 2.80. The van der Waals surface area contributed by atoms with E-state index in [1.54, 1.807) is 33.9 Å². The minimum atomic E-state index is -1.19. The molecule has 0 saturated carbocycles. The van der Waals surface area contributed by atoms with Crippen LogP contribution in [0.3, 0.4) is 0 Å². The highest BCUT2D eigenvalue weighted by molar-refractivity contribution is 5.99. The van der Waals surface area contributed by atoms with Gasteiger partial charge in [0.25, 0.3) is 0 Å². The van der Waals surface area contributed by atoms with Crippen LogP contribution in [0, 0.1) is 17.8 Å². The standard InChI is InChI=1S/C32H45N3O5/c1-9-16-33(8)27(37)24-25-28(38)35(23(20-36)18-22-14-12-11-13-15-22)26(29(39)34(17-10-2)30(4,5)6)32(25)19-21(3)31(24,7)40-32/h9-15,21,23-26,36H,1-2,16-20H2,3-8H3/t21?,23-,24-,25+,26?,31+,32?/m1/s1. The topological polar surface area (TPSA) is 90.4 Å². The maximum atomic E-state index is 14.7. The van der Waals surface area contributed by atoms with Crippen molar-refractivity contribution in [1.29, 1.82) is 0 Å². The molecule has 40 heavy (non-hydrogen) atoms. The summed E-state index contributed by atoms with van der Waals surface area (Å²) in [5.74, 6) is -2.41. The molecule has 1 N–H and O–H groups in total. The lowest BCUT2D eigenvalue weighted by Crippen LogP contribution is -2.62. The Bertz CT molecular complexity index is 1160. The normalized spacial score (nSPS) is 31.6. The van der Waals surface area contributed by atoms with Crippen LogP contribution >= 0.6 is 0 Å². The van der Waals surface area contributed by atoms with Gasteiger partial charge in [0.1, 0.15) is 11.6 Å². The van der Waals surface area contributed by atoms with E-state index in [1.807, 2.05) is 65.0 Å². The number of amides is 3. The Morgan fingerprint density at radius 2 is 1.80 bits per heavy atom. The third kappa shape index (κ3) is 4.59. The molecule has 4 rings (SSSR count). The van der Waals surface area contributed by atoms with E-state index in [0.29, 0.717) is 25.9 Å². The molecule has 3 unspecified atom stereocenters. The summed E-state index contributed by atoms with van der Waals surface area (Å²) < 4.78 is 6.88. The Labute approximate surface area is 238 Å². The van der Waals surface area contributed by atoms with Gasteiger partial charge >= 0.3 is 0 Å². The smallest absolute Gasteiger partial charge is 0.249 e. The molecule has 3 saturated heterocycles. The maximum Gasteiger partial charge on any atom is 0.249 e. The van der Waals surface area contributed by atoms with E-state index in [9.17, 15) is 19.5 Å². The Hall–Kier alpha value is -2.97. The second-order valence-corrected chi connectivity index (χ2v) is 12.9. The molecular weight excluding hydrogens is 506 g/mol. The molecule has 0 aliphatic carbocycles. The van der Waals surface area contributed by atoms with Crippen molar-refractivity contribution in [2.24, 2.45) is 17.8 Å². The monoisotopic (exact) mass is 551 g/mol. The summed E-state index contributed by atoms with van der Waals surface area (Å²) in [5, 5.41) is 10.7. The molecule has 0 radical (unpaired) electrons. The predicted molar refractivity (Wildman–Crippen MR) is 154 cm³/mol. The van der Waals surface area contributed by atoms with Crippen LogP contribution < -0.4 is 0 Å². The summed E-state index contributed by atoms with van der Waals surface area (Å²) in [5.41, 5.74) is -1.71. The SMILES string of the molecule is C=CCN(C)C(=O)[C@H]1[C@H]2C(=O)N([C@@H](CO)Cc3ccccc3)C(C(=O)N(CC=C)C(C)(C)C)C23CC(C)[C@]1(C)O3. The maximum absolute atomic E-state index is 14.7. The molecule has 8 nitrogen and oxygen atoms in total. The fourth-order valence-electron chi connectivity index (χ4n) is 7.35. The van der Waals surface area contributed by atoms with E-state index in [-0.39, 0.29) is 30.2 Å². The molecule has 218 valence electrons. The molecule has 1 aromatic rings. The first kappa shape index (κ1) is 30.0. The van der Waals surface area contributed by atoms with E-state index < -0.39 is 40.7 Å². The van der Waals surface area contributed by atoms with Crippen molar-refractivity contribution in [3.63, 3.8) is 0 Å². The van der Waals surface area contributed by atoms with Crippen LogP contribution in [-0.2, 0) is 25.5 Å². The average molecular weight is 552 g/mol. The summed E-state index contributed by atoms with van der Waals surface area (Å²) >= 11 is 0. The fraction of sp³-hybridized carbons (Fsp3) is 0.594. The number of likely N-dealkylation sites (N-methyl/N-ethyl adjacent to an activating group) is 1. The van der Waals surface area contributed by atoms with Gasteiger partial charge in [0.15, 0.2) is 0 Å². The summed E-state index contributed by atoms with van der Waals surface area (Å²) in [6, 6.07) is 7.97. The predicted octanol–water partition coefficient (Wildman–Crippen LogP) is 3.06. The van der Waals surface area contributed by atoms with Crippen LogP contribution in [0.1, 0.15) is 46.6 Å². The number of benzene rings is 1. The number of nitrogens with zero attached hydrogens (tertiary/aromatic N) is 3.